The Morgan fingerprint density at radius 1 is 1.17 bits per heavy atom. The molecule has 0 aliphatic carbocycles. The molecule has 1 rings (SSSR count). The minimum atomic E-state index is 0. The Hall–Kier alpha value is 0.920. The average Bonchev–Trinajstić information content (AvgIpc) is 2.07. The number of hydrogen-bond acceptors (Lipinski definition) is 2. The van der Waals surface area contributed by atoms with Crippen LogP contribution in [0.3, 0.4) is 0 Å². The van der Waals surface area contributed by atoms with Crippen molar-refractivity contribution in [2.45, 2.75) is 18.2 Å². The van der Waals surface area contributed by atoms with Crippen molar-refractivity contribution in [2.75, 3.05) is 5.75 Å². The molecule has 0 aliphatic heterocycles. The molecule has 0 atom stereocenters. The summed E-state index contributed by atoms with van der Waals surface area (Å²) in [7, 11) is 3.78. The predicted octanol–water partition coefficient (Wildman–Crippen LogP) is 3.46. The molecule has 0 bridgehead atoms. The molecule has 0 N–H and O–H groups in total. The van der Waals surface area contributed by atoms with Crippen LogP contribution in [0, 0.1) is 0 Å². The Balaban J connectivity index is 0.00000121. The first kappa shape index (κ1) is 12.9. The summed E-state index contributed by atoms with van der Waals surface area (Å²) in [6.45, 7) is 2.21. The number of hydrogen-bond donors (Lipinski definition) is 0. The van der Waals surface area contributed by atoms with Crippen molar-refractivity contribution in [3.05, 3.63) is 30.3 Å². The first-order valence-electron chi connectivity index (χ1n) is 3.78. The van der Waals surface area contributed by atoms with E-state index < -0.39 is 0 Å². The van der Waals surface area contributed by atoms with Gasteiger partial charge in [-0.1, -0.05) is 46.7 Å². The van der Waals surface area contributed by atoms with Gasteiger partial charge >= 0.3 is 0 Å². The summed E-state index contributed by atoms with van der Waals surface area (Å²) in [4.78, 5) is 1.35. The van der Waals surface area contributed by atoms with Crippen LogP contribution in [-0.2, 0) is 0 Å². The molecule has 61 valence electrons. The van der Waals surface area contributed by atoms with Crippen molar-refractivity contribution < 1.29 is 0 Å². The normalized spacial score (nSPS) is 9.08. The minimum absolute atomic E-state index is 0. The predicted molar refractivity (Wildman–Crippen MR) is 60.8 cm³/mol. The summed E-state index contributed by atoms with van der Waals surface area (Å²) in [5, 5.41) is 0. The van der Waals surface area contributed by atoms with Crippen LogP contribution >= 0.6 is 21.6 Å². The van der Waals surface area contributed by atoms with Gasteiger partial charge in [0, 0.05) is 40.2 Å². The molecule has 0 aromatic heterocycles. The number of benzene rings is 1. The van der Waals surface area contributed by atoms with Crippen molar-refractivity contribution in [1.82, 2.24) is 0 Å². The van der Waals surface area contributed by atoms with E-state index in [0.717, 1.165) is 0 Å². The van der Waals surface area contributed by atoms with Gasteiger partial charge in [-0.2, -0.15) is 0 Å². The van der Waals surface area contributed by atoms with Crippen molar-refractivity contribution in [1.29, 1.82) is 0 Å². The average molecular weight is 207 g/mol. The molecule has 1 aromatic carbocycles. The molecule has 12 heavy (non-hydrogen) atoms. The maximum absolute atomic E-state index is 2.21. The van der Waals surface area contributed by atoms with Gasteiger partial charge in [0.25, 0.3) is 0 Å². The molecular formula is C9H12NaS2. The molecule has 0 saturated heterocycles. The summed E-state index contributed by atoms with van der Waals surface area (Å²) in [5.74, 6) is 1.24. The summed E-state index contributed by atoms with van der Waals surface area (Å²) in [6.07, 6.45) is 1.25. The Morgan fingerprint density at radius 3 is 2.42 bits per heavy atom. The molecule has 0 fully saturated rings. The monoisotopic (exact) mass is 207 g/mol. The topological polar surface area (TPSA) is 0 Å². The third-order valence-electron chi connectivity index (χ3n) is 1.19. The number of rotatable bonds is 4. The summed E-state index contributed by atoms with van der Waals surface area (Å²) in [6, 6.07) is 10.5. The van der Waals surface area contributed by atoms with Gasteiger partial charge in [-0.15, -0.1) is 0 Å². The van der Waals surface area contributed by atoms with Gasteiger partial charge in [-0.25, -0.2) is 0 Å². The second-order valence-corrected chi connectivity index (χ2v) is 4.71. The van der Waals surface area contributed by atoms with Gasteiger partial charge in [0.05, 0.1) is 0 Å². The van der Waals surface area contributed by atoms with Crippen LogP contribution in [0.2, 0.25) is 0 Å². The first-order chi connectivity index (χ1) is 5.43. The molecule has 0 aliphatic rings. The first-order valence-corrected chi connectivity index (χ1v) is 6.10. The van der Waals surface area contributed by atoms with Crippen LogP contribution in [0.1, 0.15) is 13.3 Å². The van der Waals surface area contributed by atoms with Crippen LogP contribution < -0.4 is 0 Å². The van der Waals surface area contributed by atoms with E-state index in [0.29, 0.717) is 0 Å². The van der Waals surface area contributed by atoms with Crippen molar-refractivity contribution >= 4 is 51.1 Å². The summed E-state index contributed by atoms with van der Waals surface area (Å²) >= 11 is 0. The van der Waals surface area contributed by atoms with Gasteiger partial charge in [-0.05, 0) is 18.6 Å². The van der Waals surface area contributed by atoms with E-state index in [1.807, 2.05) is 21.6 Å². The minimum Gasteiger partial charge on any atom is -0.0890 e. The Bertz CT molecular complexity index is 189. The van der Waals surface area contributed by atoms with Crippen LogP contribution in [0.15, 0.2) is 35.2 Å². The van der Waals surface area contributed by atoms with E-state index in [4.69, 9.17) is 0 Å². The molecule has 0 nitrogen and oxygen atoms in total. The van der Waals surface area contributed by atoms with E-state index in [-0.39, 0.29) is 29.6 Å². The third-order valence-corrected chi connectivity index (χ3v) is 3.77. The largest absolute Gasteiger partial charge is 0.0890 e. The molecule has 0 spiro atoms. The standard InChI is InChI=1S/C9H12S2.Na/c1-2-8-10-11-9-6-4-3-5-7-9;/h3-7H,2,8H2,1H3;. The molecule has 1 radical (unpaired) electrons. The van der Waals surface area contributed by atoms with Crippen molar-refractivity contribution in [2.24, 2.45) is 0 Å². The van der Waals surface area contributed by atoms with Crippen LogP contribution in [0.4, 0.5) is 0 Å². The fourth-order valence-electron chi connectivity index (χ4n) is 0.669. The molecule has 0 saturated carbocycles. The second-order valence-electron chi connectivity index (χ2n) is 2.22. The summed E-state index contributed by atoms with van der Waals surface area (Å²) < 4.78 is 0. The summed E-state index contributed by atoms with van der Waals surface area (Å²) in [5.41, 5.74) is 0. The smallest absolute Gasteiger partial charge is 0.0182 e. The van der Waals surface area contributed by atoms with Gasteiger partial charge in [0.1, 0.15) is 0 Å². The van der Waals surface area contributed by atoms with E-state index in [1.54, 1.807) is 0 Å². The Morgan fingerprint density at radius 2 is 1.83 bits per heavy atom. The fraction of sp³-hybridized carbons (Fsp3) is 0.333. The molecule has 0 unspecified atom stereocenters. The zero-order valence-corrected chi connectivity index (χ0v) is 11.3. The SMILES string of the molecule is CCCSSc1ccccc1.[Na]. The molecule has 0 amide bonds. The van der Waals surface area contributed by atoms with E-state index in [9.17, 15) is 0 Å². The van der Waals surface area contributed by atoms with Crippen LogP contribution in [0.5, 0.6) is 0 Å². The maximum atomic E-state index is 2.21. The van der Waals surface area contributed by atoms with Gasteiger partial charge in [0.15, 0.2) is 0 Å². The van der Waals surface area contributed by atoms with Gasteiger partial charge in [-0.3, -0.25) is 0 Å². The maximum Gasteiger partial charge on any atom is 0.0182 e. The molecular weight excluding hydrogens is 195 g/mol. The Kier molecular flexibility index (Phi) is 9.17. The second kappa shape index (κ2) is 8.52. The van der Waals surface area contributed by atoms with Crippen molar-refractivity contribution in [3.8, 4) is 0 Å². The van der Waals surface area contributed by atoms with Gasteiger partial charge < -0.3 is 0 Å². The van der Waals surface area contributed by atoms with Gasteiger partial charge in [0.2, 0.25) is 0 Å². The quantitative estimate of drug-likeness (QED) is 0.421. The third kappa shape index (κ3) is 5.55. The Labute approximate surface area is 105 Å². The van der Waals surface area contributed by atoms with E-state index in [2.05, 4.69) is 37.3 Å². The van der Waals surface area contributed by atoms with Crippen LogP contribution in [0.25, 0.3) is 0 Å². The molecule has 0 heterocycles. The zero-order chi connectivity index (χ0) is 7.94. The van der Waals surface area contributed by atoms with Crippen molar-refractivity contribution in [3.63, 3.8) is 0 Å². The molecule has 3 heteroatoms. The van der Waals surface area contributed by atoms with E-state index >= 15 is 0 Å². The molecule has 1 aromatic rings. The zero-order valence-electron chi connectivity index (χ0n) is 7.62. The van der Waals surface area contributed by atoms with E-state index in [1.165, 1.54) is 17.1 Å². The van der Waals surface area contributed by atoms with Crippen LogP contribution in [-0.4, -0.2) is 35.3 Å². The fourth-order valence-corrected chi connectivity index (χ4v) is 2.82.